The van der Waals surface area contributed by atoms with Gasteiger partial charge in [0.05, 0.1) is 12.0 Å². The third kappa shape index (κ3) is 3.70. The van der Waals surface area contributed by atoms with E-state index in [0.717, 1.165) is 43.1 Å². The van der Waals surface area contributed by atoms with Crippen molar-refractivity contribution in [2.75, 3.05) is 24.5 Å². The Hall–Kier alpha value is -1.33. The average molecular weight is 363 g/mol. The second-order valence-electron chi connectivity index (χ2n) is 5.88. The second-order valence-corrected chi connectivity index (χ2v) is 6.79. The van der Waals surface area contributed by atoms with Crippen LogP contribution in [0, 0.1) is 5.92 Å². The lowest BCUT2D eigenvalue weighted by molar-refractivity contribution is 0.507. The standard InChI is InChI=1S/C17H23BrN4/c1-2-21-13-20-11-17(21)10-19-9-14-7-8-22(12-14)16-5-3-15(18)4-6-16/h3-6,11,13-14,19H,2,7-10,12H2,1H3. The molecule has 22 heavy (non-hydrogen) atoms. The maximum Gasteiger partial charge on any atom is 0.0948 e. The van der Waals surface area contributed by atoms with Crippen LogP contribution in [0.1, 0.15) is 19.0 Å². The van der Waals surface area contributed by atoms with Gasteiger partial charge in [-0.25, -0.2) is 4.98 Å². The van der Waals surface area contributed by atoms with E-state index >= 15 is 0 Å². The van der Waals surface area contributed by atoms with Gasteiger partial charge in [-0.2, -0.15) is 0 Å². The van der Waals surface area contributed by atoms with E-state index < -0.39 is 0 Å². The predicted octanol–water partition coefficient (Wildman–Crippen LogP) is 3.28. The summed E-state index contributed by atoms with van der Waals surface area (Å²) < 4.78 is 3.33. The number of hydrogen-bond donors (Lipinski definition) is 1. The Kier molecular flexibility index (Phi) is 5.16. The smallest absolute Gasteiger partial charge is 0.0948 e. The van der Waals surface area contributed by atoms with E-state index in [-0.39, 0.29) is 0 Å². The number of imidazole rings is 1. The summed E-state index contributed by atoms with van der Waals surface area (Å²) in [4.78, 5) is 6.69. The van der Waals surface area contributed by atoms with E-state index in [1.165, 1.54) is 17.8 Å². The molecule has 1 fully saturated rings. The zero-order valence-corrected chi connectivity index (χ0v) is 14.6. The molecule has 2 aromatic rings. The molecule has 0 amide bonds. The van der Waals surface area contributed by atoms with Gasteiger partial charge in [0.2, 0.25) is 0 Å². The zero-order chi connectivity index (χ0) is 15.4. The first-order valence-electron chi connectivity index (χ1n) is 7.96. The Labute approximate surface area is 140 Å². The van der Waals surface area contributed by atoms with Gasteiger partial charge in [-0.15, -0.1) is 0 Å². The van der Waals surface area contributed by atoms with Crippen LogP contribution >= 0.6 is 15.9 Å². The molecule has 1 aromatic heterocycles. The lowest BCUT2D eigenvalue weighted by Gasteiger charge is -2.19. The summed E-state index contributed by atoms with van der Waals surface area (Å²) in [6.45, 7) is 7.41. The van der Waals surface area contributed by atoms with Crippen LogP contribution < -0.4 is 10.2 Å². The summed E-state index contributed by atoms with van der Waals surface area (Å²) >= 11 is 3.50. The van der Waals surface area contributed by atoms with Crippen LogP contribution in [0.5, 0.6) is 0 Å². The Bertz CT molecular complexity index is 593. The molecule has 1 unspecified atom stereocenters. The molecular formula is C17H23BrN4. The molecule has 2 heterocycles. The van der Waals surface area contributed by atoms with Crippen molar-refractivity contribution in [3.63, 3.8) is 0 Å². The molecule has 0 spiro atoms. The zero-order valence-electron chi connectivity index (χ0n) is 13.0. The molecule has 3 rings (SSSR count). The van der Waals surface area contributed by atoms with Crippen molar-refractivity contribution >= 4 is 21.6 Å². The van der Waals surface area contributed by atoms with Crippen LogP contribution in [0.2, 0.25) is 0 Å². The van der Waals surface area contributed by atoms with Crippen molar-refractivity contribution < 1.29 is 0 Å². The van der Waals surface area contributed by atoms with Crippen molar-refractivity contribution in [2.45, 2.75) is 26.4 Å². The van der Waals surface area contributed by atoms with Gasteiger partial charge in [0, 0.05) is 49.1 Å². The third-order valence-electron chi connectivity index (χ3n) is 4.36. The van der Waals surface area contributed by atoms with E-state index in [1.807, 2.05) is 12.5 Å². The van der Waals surface area contributed by atoms with Crippen molar-refractivity contribution in [3.05, 3.63) is 47.0 Å². The first kappa shape index (κ1) is 15.6. The van der Waals surface area contributed by atoms with Gasteiger partial charge in [-0.1, -0.05) is 15.9 Å². The van der Waals surface area contributed by atoms with Crippen molar-refractivity contribution in [2.24, 2.45) is 5.92 Å². The summed E-state index contributed by atoms with van der Waals surface area (Å²) in [5.74, 6) is 0.724. The molecule has 4 nitrogen and oxygen atoms in total. The van der Waals surface area contributed by atoms with Crippen LogP contribution in [0.15, 0.2) is 41.3 Å². The van der Waals surface area contributed by atoms with E-state index in [1.54, 1.807) is 0 Å². The maximum absolute atomic E-state index is 4.21. The number of nitrogens with zero attached hydrogens (tertiary/aromatic N) is 3. The molecule has 1 N–H and O–H groups in total. The Morgan fingerprint density at radius 3 is 2.91 bits per heavy atom. The minimum Gasteiger partial charge on any atom is -0.371 e. The average Bonchev–Trinajstić information content (AvgIpc) is 3.17. The second kappa shape index (κ2) is 7.29. The van der Waals surface area contributed by atoms with Gasteiger partial charge >= 0.3 is 0 Å². The molecule has 1 atom stereocenters. The number of anilines is 1. The lowest BCUT2D eigenvalue weighted by Crippen LogP contribution is -2.26. The fourth-order valence-corrected chi connectivity index (χ4v) is 3.33. The predicted molar refractivity (Wildman–Crippen MR) is 94.1 cm³/mol. The molecule has 1 aliphatic heterocycles. The molecule has 0 radical (unpaired) electrons. The first-order chi connectivity index (χ1) is 10.8. The number of nitrogens with one attached hydrogen (secondary N) is 1. The number of rotatable bonds is 6. The minimum absolute atomic E-state index is 0.724. The van der Waals surface area contributed by atoms with Gasteiger partial charge < -0.3 is 14.8 Å². The fourth-order valence-electron chi connectivity index (χ4n) is 3.07. The topological polar surface area (TPSA) is 33.1 Å². The number of aryl methyl sites for hydroxylation is 1. The van der Waals surface area contributed by atoms with Gasteiger partial charge in [-0.05, 0) is 43.5 Å². The van der Waals surface area contributed by atoms with E-state index in [0.29, 0.717) is 0 Å². The van der Waals surface area contributed by atoms with Crippen LogP contribution in [-0.2, 0) is 13.1 Å². The quantitative estimate of drug-likeness (QED) is 0.855. The number of halogens is 1. The number of benzene rings is 1. The van der Waals surface area contributed by atoms with Crippen molar-refractivity contribution in [1.82, 2.24) is 14.9 Å². The van der Waals surface area contributed by atoms with Gasteiger partial charge in [0.1, 0.15) is 0 Å². The minimum atomic E-state index is 0.724. The normalized spacial score (nSPS) is 18.1. The molecule has 118 valence electrons. The van der Waals surface area contributed by atoms with Gasteiger partial charge in [0.25, 0.3) is 0 Å². The highest BCUT2D eigenvalue weighted by atomic mass is 79.9. The first-order valence-corrected chi connectivity index (χ1v) is 8.76. The SMILES string of the molecule is CCn1cncc1CNCC1CCN(c2ccc(Br)cc2)C1. The maximum atomic E-state index is 4.21. The summed E-state index contributed by atoms with van der Waals surface area (Å²) in [7, 11) is 0. The molecule has 1 aliphatic rings. The van der Waals surface area contributed by atoms with Crippen LogP contribution in [0.4, 0.5) is 5.69 Å². The summed E-state index contributed by atoms with van der Waals surface area (Å²) in [6, 6.07) is 8.62. The Morgan fingerprint density at radius 2 is 2.14 bits per heavy atom. The molecule has 0 aliphatic carbocycles. The number of aromatic nitrogens is 2. The fraction of sp³-hybridized carbons (Fsp3) is 0.471. The largest absolute Gasteiger partial charge is 0.371 e. The summed E-state index contributed by atoms with van der Waals surface area (Å²) in [5, 5.41) is 3.59. The molecule has 5 heteroatoms. The highest BCUT2D eigenvalue weighted by molar-refractivity contribution is 9.10. The molecular weight excluding hydrogens is 340 g/mol. The van der Waals surface area contributed by atoms with E-state index in [4.69, 9.17) is 0 Å². The highest BCUT2D eigenvalue weighted by Gasteiger charge is 2.22. The summed E-state index contributed by atoms with van der Waals surface area (Å²) in [6.07, 6.45) is 5.12. The molecule has 1 saturated heterocycles. The van der Waals surface area contributed by atoms with E-state index in [2.05, 4.69) is 66.9 Å². The lowest BCUT2D eigenvalue weighted by atomic mass is 10.1. The molecule has 1 aromatic carbocycles. The van der Waals surface area contributed by atoms with Crippen LogP contribution in [0.25, 0.3) is 0 Å². The Balaban J connectivity index is 1.46. The third-order valence-corrected chi connectivity index (χ3v) is 4.88. The Morgan fingerprint density at radius 1 is 1.32 bits per heavy atom. The number of hydrogen-bond acceptors (Lipinski definition) is 3. The monoisotopic (exact) mass is 362 g/mol. The highest BCUT2D eigenvalue weighted by Crippen LogP contribution is 2.25. The van der Waals surface area contributed by atoms with Crippen molar-refractivity contribution in [3.8, 4) is 0 Å². The molecule has 0 saturated carbocycles. The van der Waals surface area contributed by atoms with Crippen molar-refractivity contribution in [1.29, 1.82) is 0 Å². The van der Waals surface area contributed by atoms with Crippen LogP contribution in [-0.4, -0.2) is 29.2 Å². The summed E-state index contributed by atoms with van der Waals surface area (Å²) in [5.41, 5.74) is 2.60. The van der Waals surface area contributed by atoms with Gasteiger partial charge in [0.15, 0.2) is 0 Å². The van der Waals surface area contributed by atoms with Gasteiger partial charge in [-0.3, -0.25) is 0 Å². The van der Waals surface area contributed by atoms with Crippen LogP contribution in [0.3, 0.4) is 0 Å². The molecule has 0 bridgehead atoms. The van der Waals surface area contributed by atoms with E-state index in [9.17, 15) is 0 Å².